The minimum Gasteiger partial charge on any atom is -0.355 e. The Hall–Kier alpha value is -2.38. The Morgan fingerprint density at radius 3 is 2.24 bits per heavy atom. The summed E-state index contributed by atoms with van der Waals surface area (Å²) in [6.45, 7) is 1.05. The Balaban J connectivity index is 1.64. The molecule has 0 radical (unpaired) electrons. The Bertz CT molecular complexity index is 658. The number of carbonyl (C=O) groups excluding carboxylic acids is 1. The summed E-state index contributed by atoms with van der Waals surface area (Å²) in [4.78, 5) is 10.8. The SMILES string of the molecule is O=C(Nc1ccc(CCOCOCc2ccccc2)cc1)C(F)(F)F. The molecule has 2 rings (SSSR count). The van der Waals surface area contributed by atoms with Gasteiger partial charge in [0.2, 0.25) is 0 Å². The molecule has 2 aromatic carbocycles. The van der Waals surface area contributed by atoms with Gasteiger partial charge < -0.3 is 14.8 Å². The smallest absolute Gasteiger partial charge is 0.355 e. The van der Waals surface area contributed by atoms with Gasteiger partial charge in [-0.15, -0.1) is 0 Å². The largest absolute Gasteiger partial charge is 0.471 e. The number of anilines is 1. The van der Waals surface area contributed by atoms with E-state index in [9.17, 15) is 18.0 Å². The van der Waals surface area contributed by atoms with Crippen molar-refractivity contribution in [1.29, 1.82) is 0 Å². The van der Waals surface area contributed by atoms with Crippen LogP contribution in [0.15, 0.2) is 54.6 Å². The predicted octanol–water partition coefficient (Wildman–Crippen LogP) is 3.92. The Morgan fingerprint density at radius 2 is 1.60 bits per heavy atom. The quantitative estimate of drug-likeness (QED) is 0.578. The predicted molar refractivity (Wildman–Crippen MR) is 86.9 cm³/mol. The van der Waals surface area contributed by atoms with E-state index in [0.29, 0.717) is 19.6 Å². The average Bonchev–Trinajstić information content (AvgIpc) is 2.59. The lowest BCUT2D eigenvalue weighted by Crippen LogP contribution is -2.29. The molecule has 2 aromatic rings. The molecule has 0 saturated carbocycles. The lowest BCUT2D eigenvalue weighted by atomic mass is 10.1. The van der Waals surface area contributed by atoms with Crippen LogP contribution in [0.3, 0.4) is 0 Å². The third kappa shape index (κ3) is 6.94. The van der Waals surface area contributed by atoms with Gasteiger partial charge in [-0.3, -0.25) is 4.79 Å². The van der Waals surface area contributed by atoms with E-state index < -0.39 is 12.1 Å². The van der Waals surface area contributed by atoms with Crippen molar-refractivity contribution >= 4 is 11.6 Å². The molecular formula is C18H18F3NO3. The van der Waals surface area contributed by atoms with Gasteiger partial charge in [-0.05, 0) is 29.7 Å². The Morgan fingerprint density at radius 1 is 0.920 bits per heavy atom. The van der Waals surface area contributed by atoms with E-state index in [1.54, 1.807) is 17.4 Å². The van der Waals surface area contributed by atoms with Gasteiger partial charge in [0.1, 0.15) is 6.79 Å². The lowest BCUT2D eigenvalue weighted by Gasteiger charge is -2.09. The summed E-state index contributed by atoms with van der Waals surface area (Å²) in [6, 6.07) is 15.8. The summed E-state index contributed by atoms with van der Waals surface area (Å²) < 4.78 is 47.2. The topological polar surface area (TPSA) is 47.6 Å². The van der Waals surface area contributed by atoms with Crippen molar-refractivity contribution < 1.29 is 27.4 Å². The molecule has 0 fully saturated rings. The van der Waals surface area contributed by atoms with Crippen molar-refractivity contribution in [2.45, 2.75) is 19.2 Å². The third-order valence-corrected chi connectivity index (χ3v) is 3.28. The van der Waals surface area contributed by atoms with Crippen LogP contribution in [0.5, 0.6) is 0 Å². The summed E-state index contributed by atoms with van der Waals surface area (Å²) in [6.07, 6.45) is -4.31. The molecule has 0 aliphatic carbocycles. The molecule has 1 amide bonds. The normalized spacial score (nSPS) is 11.3. The maximum absolute atomic E-state index is 12.2. The van der Waals surface area contributed by atoms with E-state index in [0.717, 1.165) is 11.1 Å². The van der Waals surface area contributed by atoms with E-state index in [-0.39, 0.29) is 12.5 Å². The first kappa shape index (κ1) is 19.0. The molecule has 0 spiro atoms. The molecule has 1 N–H and O–H groups in total. The van der Waals surface area contributed by atoms with Crippen LogP contribution in [0.25, 0.3) is 0 Å². The van der Waals surface area contributed by atoms with Crippen molar-refractivity contribution in [1.82, 2.24) is 0 Å². The second-order valence-electron chi connectivity index (χ2n) is 5.26. The Labute approximate surface area is 143 Å². The van der Waals surface area contributed by atoms with Crippen LogP contribution in [-0.2, 0) is 27.3 Å². The number of halogens is 3. The first-order valence-electron chi connectivity index (χ1n) is 7.61. The number of amides is 1. The summed E-state index contributed by atoms with van der Waals surface area (Å²) in [5, 5.41) is 1.79. The molecule has 4 nitrogen and oxygen atoms in total. The average molecular weight is 353 g/mol. The van der Waals surface area contributed by atoms with Gasteiger partial charge in [0.05, 0.1) is 13.2 Å². The molecular weight excluding hydrogens is 335 g/mol. The van der Waals surface area contributed by atoms with Crippen molar-refractivity contribution in [2.24, 2.45) is 0 Å². The summed E-state index contributed by atoms with van der Waals surface area (Å²) in [7, 11) is 0. The van der Waals surface area contributed by atoms with Gasteiger partial charge >= 0.3 is 12.1 Å². The molecule has 0 aromatic heterocycles. The van der Waals surface area contributed by atoms with Gasteiger partial charge in [0.15, 0.2) is 0 Å². The standard InChI is InChI=1S/C18H18F3NO3/c19-18(20,21)17(23)22-16-8-6-14(7-9-16)10-11-24-13-25-12-15-4-2-1-3-5-15/h1-9H,10-13H2,(H,22,23). The highest BCUT2D eigenvalue weighted by molar-refractivity contribution is 5.94. The number of hydrogen-bond acceptors (Lipinski definition) is 3. The molecule has 0 bridgehead atoms. The van der Waals surface area contributed by atoms with E-state index >= 15 is 0 Å². The minimum atomic E-state index is -4.90. The highest BCUT2D eigenvalue weighted by Crippen LogP contribution is 2.18. The number of alkyl halides is 3. The molecule has 0 unspecified atom stereocenters. The fourth-order valence-electron chi connectivity index (χ4n) is 2.00. The van der Waals surface area contributed by atoms with Crippen LogP contribution < -0.4 is 5.32 Å². The minimum absolute atomic E-state index is 0.0955. The van der Waals surface area contributed by atoms with Gasteiger partial charge in [-0.25, -0.2) is 0 Å². The zero-order chi connectivity index (χ0) is 18.1. The molecule has 25 heavy (non-hydrogen) atoms. The van der Waals surface area contributed by atoms with E-state index in [2.05, 4.69) is 0 Å². The fourth-order valence-corrected chi connectivity index (χ4v) is 2.00. The number of nitrogens with one attached hydrogen (secondary N) is 1. The zero-order valence-corrected chi connectivity index (χ0v) is 13.4. The molecule has 0 saturated heterocycles. The van der Waals surface area contributed by atoms with Crippen LogP contribution in [0.4, 0.5) is 18.9 Å². The molecule has 0 aliphatic rings. The summed E-state index contributed by atoms with van der Waals surface area (Å²) in [5.41, 5.74) is 2.04. The van der Waals surface area contributed by atoms with E-state index in [1.807, 2.05) is 30.3 Å². The monoisotopic (exact) mass is 353 g/mol. The van der Waals surface area contributed by atoms with Crippen molar-refractivity contribution in [3.63, 3.8) is 0 Å². The number of hydrogen-bond donors (Lipinski definition) is 1. The highest BCUT2D eigenvalue weighted by atomic mass is 19.4. The second kappa shape index (κ2) is 9.19. The number of ether oxygens (including phenoxy) is 2. The van der Waals surface area contributed by atoms with Crippen LogP contribution in [0, 0.1) is 0 Å². The molecule has 0 aliphatic heterocycles. The van der Waals surface area contributed by atoms with Crippen LogP contribution in [-0.4, -0.2) is 25.5 Å². The number of rotatable bonds is 8. The molecule has 0 atom stereocenters. The summed E-state index contributed by atoms with van der Waals surface area (Å²) >= 11 is 0. The molecule has 0 heterocycles. The second-order valence-corrected chi connectivity index (χ2v) is 5.26. The molecule has 7 heteroatoms. The Kier molecular flexibility index (Phi) is 6.97. The van der Waals surface area contributed by atoms with Gasteiger partial charge in [-0.1, -0.05) is 42.5 Å². The van der Waals surface area contributed by atoms with Crippen molar-refractivity contribution in [3.8, 4) is 0 Å². The van der Waals surface area contributed by atoms with E-state index in [1.165, 1.54) is 12.1 Å². The van der Waals surface area contributed by atoms with Crippen LogP contribution in [0.2, 0.25) is 0 Å². The van der Waals surface area contributed by atoms with Gasteiger partial charge in [0.25, 0.3) is 0 Å². The maximum Gasteiger partial charge on any atom is 0.471 e. The summed E-state index contributed by atoms with van der Waals surface area (Å²) in [5.74, 6) is -1.99. The van der Waals surface area contributed by atoms with Gasteiger partial charge in [-0.2, -0.15) is 13.2 Å². The van der Waals surface area contributed by atoms with Crippen molar-refractivity contribution in [3.05, 3.63) is 65.7 Å². The third-order valence-electron chi connectivity index (χ3n) is 3.28. The maximum atomic E-state index is 12.2. The van der Waals surface area contributed by atoms with E-state index in [4.69, 9.17) is 9.47 Å². The number of benzene rings is 2. The van der Waals surface area contributed by atoms with Gasteiger partial charge in [0, 0.05) is 5.69 Å². The first-order valence-corrected chi connectivity index (χ1v) is 7.61. The highest BCUT2D eigenvalue weighted by Gasteiger charge is 2.38. The first-order chi connectivity index (χ1) is 11.9. The molecule has 134 valence electrons. The number of carbonyl (C=O) groups is 1. The fraction of sp³-hybridized carbons (Fsp3) is 0.278. The van der Waals surface area contributed by atoms with Crippen molar-refractivity contribution in [2.75, 3.05) is 18.7 Å². The lowest BCUT2D eigenvalue weighted by molar-refractivity contribution is -0.167. The van der Waals surface area contributed by atoms with Crippen LogP contribution in [0.1, 0.15) is 11.1 Å². The van der Waals surface area contributed by atoms with Crippen LogP contribution >= 0.6 is 0 Å². The zero-order valence-electron chi connectivity index (χ0n) is 13.4.